The van der Waals surface area contributed by atoms with Gasteiger partial charge < -0.3 is 4.74 Å². The molecule has 5 nitrogen and oxygen atoms in total. The number of hydrogen-bond acceptors (Lipinski definition) is 7. The third kappa shape index (κ3) is 2.33. The van der Waals surface area contributed by atoms with E-state index in [-0.39, 0.29) is 5.97 Å². The summed E-state index contributed by atoms with van der Waals surface area (Å²) in [6, 6.07) is 1.85. The fourth-order valence-electron chi connectivity index (χ4n) is 2.22. The normalized spacial score (nSPS) is 11.5. The van der Waals surface area contributed by atoms with Gasteiger partial charge in [0.15, 0.2) is 4.96 Å². The van der Waals surface area contributed by atoms with Crippen molar-refractivity contribution in [1.82, 2.24) is 14.4 Å². The number of aryl methyl sites for hydroxylation is 1. The highest BCUT2D eigenvalue weighted by Crippen LogP contribution is 2.28. The quantitative estimate of drug-likeness (QED) is 0.526. The van der Waals surface area contributed by atoms with Crippen molar-refractivity contribution >= 4 is 55.3 Å². The number of hydrogen-bond donors (Lipinski definition) is 0. The lowest BCUT2D eigenvalue weighted by Gasteiger charge is -2.02. The predicted octanol–water partition coefficient (Wildman–Crippen LogP) is 3.77. The second-order valence-corrected chi connectivity index (χ2v) is 7.56. The first kappa shape index (κ1) is 13.9. The van der Waals surface area contributed by atoms with Crippen molar-refractivity contribution < 1.29 is 9.53 Å². The zero-order valence-corrected chi connectivity index (χ0v) is 14.1. The van der Waals surface area contributed by atoms with Crippen LogP contribution in [0.3, 0.4) is 0 Å². The number of ether oxygens (including phenoxy) is 1. The summed E-state index contributed by atoms with van der Waals surface area (Å²) in [5, 5.41) is 1.98. The van der Waals surface area contributed by atoms with Gasteiger partial charge in [-0.05, 0) is 13.0 Å². The summed E-state index contributed by atoms with van der Waals surface area (Å²) in [6.07, 6.45) is 2.67. The average Bonchev–Trinajstić information content (AvgIpc) is 3.21. The van der Waals surface area contributed by atoms with E-state index < -0.39 is 0 Å². The molecule has 4 aromatic rings. The molecular weight excluding hydrogens is 338 g/mol. The minimum absolute atomic E-state index is 0.283. The second-order valence-electron chi connectivity index (χ2n) is 4.72. The molecule has 112 valence electrons. The number of thiazole rings is 2. The van der Waals surface area contributed by atoms with Gasteiger partial charge in [-0.2, -0.15) is 0 Å². The molecule has 0 amide bonds. The van der Waals surface area contributed by atoms with Gasteiger partial charge in [0.25, 0.3) is 0 Å². The lowest BCUT2D eigenvalue weighted by atomic mass is 10.3. The molecule has 0 radical (unpaired) electrons. The smallest absolute Gasteiger partial charge is 0.348 e. The SMILES string of the molecule is Cc1ncsc1CCOC(=O)c1cc2c(nc3sccn32)s1. The standard InChI is InChI=1S/C14H11N3O2S3/c1-8-10(21-7-15-8)2-4-19-13(18)11-6-9-12(22-11)16-14-17(9)3-5-20-14/h3,5-7H,2,4H2,1H3. The van der Waals surface area contributed by atoms with Crippen LogP contribution in [0.5, 0.6) is 0 Å². The number of fused-ring (bicyclic) bond motifs is 3. The lowest BCUT2D eigenvalue weighted by molar-refractivity contribution is 0.0515. The monoisotopic (exact) mass is 349 g/mol. The van der Waals surface area contributed by atoms with Gasteiger partial charge in [-0.3, -0.25) is 4.40 Å². The maximum absolute atomic E-state index is 12.1. The Morgan fingerprint density at radius 1 is 1.41 bits per heavy atom. The summed E-state index contributed by atoms with van der Waals surface area (Å²) in [7, 11) is 0. The highest BCUT2D eigenvalue weighted by Gasteiger charge is 2.16. The molecule has 0 atom stereocenters. The van der Waals surface area contributed by atoms with E-state index in [1.165, 1.54) is 11.3 Å². The van der Waals surface area contributed by atoms with Gasteiger partial charge in [0.1, 0.15) is 9.71 Å². The van der Waals surface area contributed by atoms with Crippen molar-refractivity contribution in [3.63, 3.8) is 0 Å². The van der Waals surface area contributed by atoms with Crippen LogP contribution in [-0.4, -0.2) is 26.9 Å². The summed E-state index contributed by atoms with van der Waals surface area (Å²) < 4.78 is 7.36. The fraction of sp³-hybridized carbons (Fsp3) is 0.214. The summed E-state index contributed by atoms with van der Waals surface area (Å²) in [6.45, 7) is 2.34. The van der Waals surface area contributed by atoms with Crippen molar-refractivity contribution in [2.45, 2.75) is 13.3 Å². The topological polar surface area (TPSA) is 56.5 Å². The molecule has 0 fully saturated rings. The van der Waals surface area contributed by atoms with Crippen LogP contribution in [0.4, 0.5) is 0 Å². The molecule has 0 saturated heterocycles. The van der Waals surface area contributed by atoms with E-state index >= 15 is 0 Å². The fourth-order valence-corrected chi connectivity index (χ4v) is 4.68. The van der Waals surface area contributed by atoms with E-state index in [4.69, 9.17) is 4.74 Å². The summed E-state index contributed by atoms with van der Waals surface area (Å²) in [5.41, 5.74) is 3.79. The van der Waals surface area contributed by atoms with Gasteiger partial charge in [0.2, 0.25) is 0 Å². The van der Waals surface area contributed by atoms with Gasteiger partial charge in [0, 0.05) is 22.9 Å². The number of nitrogens with zero attached hydrogens (tertiary/aromatic N) is 3. The van der Waals surface area contributed by atoms with Crippen molar-refractivity contribution in [3.8, 4) is 0 Å². The van der Waals surface area contributed by atoms with Crippen LogP contribution in [0.15, 0.2) is 23.2 Å². The third-order valence-corrected chi connectivity index (χ3v) is 6.10. The number of rotatable bonds is 4. The maximum Gasteiger partial charge on any atom is 0.348 e. The largest absolute Gasteiger partial charge is 0.461 e. The number of carbonyl (C=O) groups is 1. The minimum atomic E-state index is -0.283. The average molecular weight is 349 g/mol. The Balaban J connectivity index is 1.47. The number of thiophene rings is 1. The molecule has 22 heavy (non-hydrogen) atoms. The molecule has 0 aliphatic rings. The van der Waals surface area contributed by atoms with E-state index in [2.05, 4.69) is 9.97 Å². The van der Waals surface area contributed by atoms with Crippen LogP contribution < -0.4 is 0 Å². The molecule has 0 aliphatic carbocycles. The second kappa shape index (κ2) is 5.45. The highest BCUT2D eigenvalue weighted by atomic mass is 32.1. The van der Waals surface area contributed by atoms with Crippen LogP contribution in [0, 0.1) is 6.92 Å². The molecular formula is C14H11N3O2S3. The molecule has 4 rings (SSSR count). The van der Waals surface area contributed by atoms with E-state index in [0.29, 0.717) is 17.9 Å². The highest BCUT2D eigenvalue weighted by molar-refractivity contribution is 7.21. The van der Waals surface area contributed by atoms with E-state index in [9.17, 15) is 4.79 Å². The maximum atomic E-state index is 12.1. The predicted molar refractivity (Wildman–Crippen MR) is 89.3 cm³/mol. The van der Waals surface area contributed by atoms with Gasteiger partial charge >= 0.3 is 5.97 Å². The Morgan fingerprint density at radius 3 is 3.14 bits per heavy atom. The molecule has 0 spiro atoms. The van der Waals surface area contributed by atoms with Crippen LogP contribution in [-0.2, 0) is 11.2 Å². The first-order valence-corrected chi connectivity index (χ1v) is 9.21. The molecule has 0 aliphatic heterocycles. The first-order valence-electron chi connectivity index (χ1n) is 6.63. The Hall–Kier alpha value is -1.77. The third-order valence-electron chi connectivity index (χ3n) is 3.35. The van der Waals surface area contributed by atoms with Crippen molar-refractivity contribution in [2.24, 2.45) is 0 Å². The molecule has 0 bridgehead atoms. The Morgan fingerprint density at radius 2 is 2.32 bits per heavy atom. The molecule has 0 saturated carbocycles. The molecule has 0 unspecified atom stereocenters. The molecule has 0 aromatic carbocycles. The Kier molecular flexibility index (Phi) is 3.44. The Labute approximate surface area is 137 Å². The summed E-state index contributed by atoms with van der Waals surface area (Å²) in [4.78, 5) is 24.4. The molecule has 4 heterocycles. The number of imidazole rings is 1. The van der Waals surface area contributed by atoms with Gasteiger partial charge in [-0.15, -0.1) is 34.0 Å². The molecule has 4 aromatic heterocycles. The van der Waals surface area contributed by atoms with Gasteiger partial charge in [0.05, 0.1) is 23.3 Å². The van der Waals surface area contributed by atoms with Gasteiger partial charge in [-0.1, -0.05) is 0 Å². The van der Waals surface area contributed by atoms with Gasteiger partial charge in [-0.25, -0.2) is 14.8 Å². The number of aromatic nitrogens is 3. The Bertz CT molecular complexity index is 963. The zero-order chi connectivity index (χ0) is 15.1. The van der Waals surface area contributed by atoms with Crippen molar-refractivity contribution in [2.75, 3.05) is 6.61 Å². The van der Waals surface area contributed by atoms with E-state index in [0.717, 1.165) is 25.9 Å². The van der Waals surface area contributed by atoms with E-state index in [1.54, 1.807) is 22.7 Å². The van der Waals surface area contributed by atoms with Crippen molar-refractivity contribution in [3.05, 3.63) is 38.6 Å². The summed E-state index contributed by atoms with van der Waals surface area (Å²) >= 11 is 4.55. The van der Waals surface area contributed by atoms with Crippen LogP contribution in [0.25, 0.3) is 15.3 Å². The lowest BCUT2D eigenvalue weighted by Crippen LogP contribution is -2.06. The summed E-state index contributed by atoms with van der Waals surface area (Å²) in [5.74, 6) is -0.283. The number of esters is 1. The zero-order valence-electron chi connectivity index (χ0n) is 11.6. The van der Waals surface area contributed by atoms with E-state index in [1.807, 2.05) is 34.5 Å². The van der Waals surface area contributed by atoms with Crippen molar-refractivity contribution in [1.29, 1.82) is 0 Å². The van der Waals surface area contributed by atoms with Crippen LogP contribution >= 0.6 is 34.0 Å². The number of carbonyl (C=O) groups excluding carboxylic acids is 1. The van der Waals surface area contributed by atoms with Crippen LogP contribution in [0.1, 0.15) is 20.2 Å². The minimum Gasteiger partial charge on any atom is -0.461 e. The molecule has 8 heteroatoms. The van der Waals surface area contributed by atoms with Crippen LogP contribution in [0.2, 0.25) is 0 Å². The molecule has 0 N–H and O–H groups in total. The first-order chi connectivity index (χ1) is 10.7.